The summed E-state index contributed by atoms with van der Waals surface area (Å²) in [7, 11) is -2.59. The van der Waals surface area contributed by atoms with Crippen molar-refractivity contribution < 1.29 is 0 Å². The van der Waals surface area contributed by atoms with Gasteiger partial charge >= 0.3 is 0 Å². The molecular weight excluding hydrogens is 579 g/mol. The highest BCUT2D eigenvalue weighted by Crippen LogP contribution is 2.40. The van der Waals surface area contributed by atoms with Crippen LogP contribution in [0.2, 0.25) is 0 Å². The molecule has 7 aromatic carbocycles. The van der Waals surface area contributed by atoms with Crippen molar-refractivity contribution in [1.82, 2.24) is 0 Å². The average molecular weight is 610 g/mol. The molecule has 214 valence electrons. The Balaban J connectivity index is 1.32. The van der Waals surface area contributed by atoms with Gasteiger partial charge in [0.25, 0.3) is 0 Å². The van der Waals surface area contributed by atoms with Gasteiger partial charge in [-0.3, -0.25) is 0 Å². The van der Waals surface area contributed by atoms with E-state index in [1.807, 2.05) is 11.3 Å². The lowest BCUT2D eigenvalue weighted by Gasteiger charge is -2.35. The van der Waals surface area contributed by atoms with Gasteiger partial charge < -0.3 is 4.90 Å². The molecule has 0 N–H and O–H groups in total. The second-order valence-electron chi connectivity index (χ2n) is 11.3. The Kier molecular flexibility index (Phi) is 7.11. The largest absolute Gasteiger partial charge is 0.310 e. The van der Waals surface area contributed by atoms with Crippen LogP contribution in [0.1, 0.15) is 0 Å². The molecule has 1 aromatic heterocycles. The van der Waals surface area contributed by atoms with Crippen LogP contribution in [0.4, 0.5) is 17.1 Å². The number of nitrogens with zero attached hydrogens (tertiary/aromatic N) is 1. The molecule has 1 heterocycles. The summed E-state index contributed by atoms with van der Waals surface area (Å²) in [6.07, 6.45) is 0. The molecule has 0 atom stereocenters. The molecule has 8 rings (SSSR count). The van der Waals surface area contributed by atoms with Crippen LogP contribution in [0.25, 0.3) is 20.2 Å². The number of fused-ring (bicyclic) bond motifs is 3. The smallest absolute Gasteiger partial charge is 0.179 e. The number of benzene rings is 7. The first-order valence-electron chi connectivity index (χ1n) is 15.4. The standard InChI is InChI=1S/C42H31NSSi/c1-5-15-32(16-6-1)43(34-27-30-42-40(31-34)39-23-13-14-24-41(39)44-42)33-25-28-38(29-26-33)45(35-17-7-2-8-18-35,36-19-9-3-10-20-36)37-21-11-4-12-22-37/h1-31H. The first-order chi connectivity index (χ1) is 22.3. The zero-order chi connectivity index (χ0) is 30.1. The SMILES string of the molecule is c1ccc(N(c2ccc([Si](c3ccccc3)(c3ccccc3)c3ccccc3)cc2)c2ccc3sc4ccccc4c3c2)cc1. The topological polar surface area (TPSA) is 3.24 Å². The van der Waals surface area contributed by atoms with E-state index < -0.39 is 8.07 Å². The summed E-state index contributed by atoms with van der Waals surface area (Å²) < 4.78 is 2.64. The summed E-state index contributed by atoms with van der Waals surface area (Å²) in [4.78, 5) is 2.38. The van der Waals surface area contributed by atoms with Crippen molar-refractivity contribution in [3.63, 3.8) is 0 Å². The molecule has 0 spiro atoms. The van der Waals surface area contributed by atoms with Crippen molar-refractivity contribution in [2.75, 3.05) is 4.90 Å². The van der Waals surface area contributed by atoms with Gasteiger partial charge in [-0.25, -0.2) is 0 Å². The minimum atomic E-state index is -2.59. The van der Waals surface area contributed by atoms with E-state index in [-0.39, 0.29) is 0 Å². The number of para-hydroxylation sites is 1. The Labute approximate surface area is 269 Å². The lowest BCUT2D eigenvalue weighted by atomic mass is 10.1. The van der Waals surface area contributed by atoms with Gasteiger partial charge in [0.15, 0.2) is 8.07 Å². The minimum Gasteiger partial charge on any atom is -0.310 e. The zero-order valence-corrected chi connectivity index (χ0v) is 26.6. The van der Waals surface area contributed by atoms with Crippen LogP contribution < -0.4 is 25.6 Å². The summed E-state index contributed by atoms with van der Waals surface area (Å²) >= 11 is 1.86. The van der Waals surface area contributed by atoms with Crippen molar-refractivity contribution in [3.8, 4) is 0 Å². The van der Waals surface area contributed by atoms with Gasteiger partial charge in [0.2, 0.25) is 0 Å². The molecule has 8 aromatic rings. The van der Waals surface area contributed by atoms with Crippen LogP contribution in [0.5, 0.6) is 0 Å². The quantitative estimate of drug-likeness (QED) is 0.129. The molecule has 3 heteroatoms. The average Bonchev–Trinajstić information content (AvgIpc) is 3.49. The van der Waals surface area contributed by atoms with Gasteiger partial charge in [0.1, 0.15) is 0 Å². The maximum Gasteiger partial charge on any atom is 0.179 e. The van der Waals surface area contributed by atoms with E-state index in [9.17, 15) is 0 Å². The molecule has 0 fully saturated rings. The van der Waals surface area contributed by atoms with Gasteiger partial charge in [0.05, 0.1) is 0 Å². The van der Waals surface area contributed by atoms with Crippen molar-refractivity contribution in [3.05, 3.63) is 188 Å². The molecule has 0 radical (unpaired) electrons. The lowest BCUT2D eigenvalue weighted by Crippen LogP contribution is -2.74. The molecule has 0 aliphatic rings. The Morgan fingerprint density at radius 2 is 0.756 bits per heavy atom. The molecular formula is C42H31NSSi. The number of hydrogen-bond acceptors (Lipinski definition) is 2. The molecule has 45 heavy (non-hydrogen) atoms. The third kappa shape index (κ3) is 4.78. The minimum absolute atomic E-state index is 1.14. The van der Waals surface area contributed by atoms with Crippen LogP contribution in [-0.4, -0.2) is 8.07 Å². The molecule has 0 bridgehead atoms. The van der Waals surface area contributed by atoms with E-state index in [4.69, 9.17) is 0 Å². The van der Waals surface area contributed by atoms with E-state index in [0.717, 1.165) is 17.1 Å². The molecule has 0 unspecified atom stereocenters. The first-order valence-corrected chi connectivity index (χ1v) is 18.2. The van der Waals surface area contributed by atoms with Crippen LogP contribution in [0.3, 0.4) is 0 Å². The summed E-state index contributed by atoms with van der Waals surface area (Å²) in [5, 5.41) is 8.11. The molecule has 0 saturated carbocycles. The van der Waals surface area contributed by atoms with Crippen molar-refractivity contribution >= 4 is 77.4 Å². The Bertz CT molecular complexity index is 2100. The normalized spacial score (nSPS) is 11.6. The van der Waals surface area contributed by atoms with Crippen LogP contribution >= 0.6 is 11.3 Å². The predicted octanol–water partition coefficient (Wildman–Crippen LogP) is 8.90. The van der Waals surface area contributed by atoms with Crippen molar-refractivity contribution in [2.24, 2.45) is 0 Å². The van der Waals surface area contributed by atoms with Gasteiger partial charge in [-0.05, 0) is 69.3 Å². The number of anilines is 3. The zero-order valence-electron chi connectivity index (χ0n) is 24.8. The number of thiophene rings is 1. The molecule has 0 amide bonds. The van der Waals surface area contributed by atoms with E-state index in [1.54, 1.807) is 0 Å². The highest BCUT2D eigenvalue weighted by atomic mass is 32.1. The fraction of sp³-hybridized carbons (Fsp3) is 0. The predicted molar refractivity (Wildman–Crippen MR) is 198 cm³/mol. The van der Waals surface area contributed by atoms with Gasteiger partial charge in [-0.2, -0.15) is 0 Å². The summed E-state index contributed by atoms with van der Waals surface area (Å²) in [6, 6.07) is 69.0. The Morgan fingerprint density at radius 1 is 0.333 bits per heavy atom. The molecule has 1 nitrogen and oxygen atoms in total. The second-order valence-corrected chi connectivity index (χ2v) is 16.2. The lowest BCUT2D eigenvalue weighted by molar-refractivity contribution is 1.29. The van der Waals surface area contributed by atoms with E-state index >= 15 is 0 Å². The van der Waals surface area contributed by atoms with Crippen LogP contribution in [0, 0.1) is 0 Å². The highest BCUT2D eigenvalue weighted by Gasteiger charge is 2.41. The first kappa shape index (κ1) is 27.3. The van der Waals surface area contributed by atoms with Gasteiger partial charge in [-0.15, -0.1) is 11.3 Å². The van der Waals surface area contributed by atoms with E-state index in [1.165, 1.54) is 40.9 Å². The summed E-state index contributed by atoms with van der Waals surface area (Å²) in [5.41, 5.74) is 3.44. The van der Waals surface area contributed by atoms with Crippen LogP contribution in [-0.2, 0) is 0 Å². The fourth-order valence-electron chi connectivity index (χ4n) is 6.80. The van der Waals surface area contributed by atoms with Crippen LogP contribution in [0.15, 0.2) is 188 Å². The Morgan fingerprint density at radius 3 is 1.33 bits per heavy atom. The maximum atomic E-state index is 2.38. The third-order valence-electron chi connectivity index (χ3n) is 8.81. The summed E-state index contributed by atoms with van der Waals surface area (Å²) in [6.45, 7) is 0. The van der Waals surface area contributed by atoms with E-state index in [0.29, 0.717) is 0 Å². The summed E-state index contributed by atoms with van der Waals surface area (Å²) in [5.74, 6) is 0. The van der Waals surface area contributed by atoms with Crippen molar-refractivity contribution in [2.45, 2.75) is 0 Å². The Hall–Kier alpha value is -5.22. The van der Waals surface area contributed by atoms with Gasteiger partial charge in [-0.1, -0.05) is 140 Å². The second kappa shape index (κ2) is 11.7. The molecule has 0 aliphatic carbocycles. The molecule has 0 aliphatic heterocycles. The highest BCUT2D eigenvalue weighted by molar-refractivity contribution is 7.25. The van der Waals surface area contributed by atoms with Crippen molar-refractivity contribution in [1.29, 1.82) is 0 Å². The third-order valence-corrected chi connectivity index (χ3v) is 14.8. The fourth-order valence-corrected chi connectivity index (χ4v) is 12.6. The maximum absolute atomic E-state index is 2.59. The van der Waals surface area contributed by atoms with E-state index in [2.05, 4.69) is 193 Å². The monoisotopic (exact) mass is 609 g/mol. The number of rotatable bonds is 7. The van der Waals surface area contributed by atoms with Gasteiger partial charge in [0, 0.05) is 37.2 Å². The molecule has 0 saturated heterocycles. The number of hydrogen-bond donors (Lipinski definition) is 0.